The molecule has 1 N–H and O–H groups in total. The van der Waals surface area contributed by atoms with Crippen molar-refractivity contribution in [3.8, 4) is 5.75 Å². The molecule has 6 nitrogen and oxygen atoms in total. The Morgan fingerprint density at radius 1 is 1.15 bits per heavy atom. The van der Waals surface area contributed by atoms with Crippen LogP contribution >= 0.6 is 0 Å². The molecule has 6 heteroatoms. The van der Waals surface area contributed by atoms with Crippen molar-refractivity contribution in [1.82, 2.24) is 20.0 Å². The van der Waals surface area contributed by atoms with Crippen LogP contribution in [0.1, 0.15) is 12.8 Å². The van der Waals surface area contributed by atoms with Gasteiger partial charge in [0, 0.05) is 52.9 Å². The minimum Gasteiger partial charge on any atom is -0.492 e. The van der Waals surface area contributed by atoms with Crippen LogP contribution in [0.15, 0.2) is 35.3 Å². The predicted molar refractivity (Wildman–Crippen MR) is 112 cm³/mol. The van der Waals surface area contributed by atoms with Gasteiger partial charge in [-0.2, -0.15) is 0 Å². The number of hydrogen-bond acceptors (Lipinski definition) is 4. The molecular weight excluding hydrogens is 338 g/mol. The van der Waals surface area contributed by atoms with Crippen molar-refractivity contribution < 1.29 is 4.74 Å². The van der Waals surface area contributed by atoms with Crippen LogP contribution in [0, 0.1) is 5.92 Å². The summed E-state index contributed by atoms with van der Waals surface area (Å²) in [7, 11) is 4.12. The topological polar surface area (TPSA) is 43.3 Å². The number of nitrogens with one attached hydrogen (secondary N) is 1. The van der Waals surface area contributed by atoms with Crippen molar-refractivity contribution in [3.63, 3.8) is 0 Å². The molecule has 3 rings (SSSR count). The lowest BCUT2D eigenvalue weighted by Crippen LogP contribution is -2.54. The number of hydrogen-bond donors (Lipinski definition) is 1. The van der Waals surface area contributed by atoms with Crippen LogP contribution in [0.25, 0.3) is 0 Å². The minimum atomic E-state index is 0.733. The molecule has 0 radical (unpaired) electrons. The molecule has 2 aliphatic heterocycles. The second-order valence-corrected chi connectivity index (χ2v) is 7.69. The van der Waals surface area contributed by atoms with Gasteiger partial charge in [-0.05, 0) is 44.5 Å². The number of likely N-dealkylation sites (tertiary alicyclic amines) is 1. The van der Waals surface area contributed by atoms with E-state index in [2.05, 4.69) is 32.1 Å². The highest BCUT2D eigenvalue weighted by molar-refractivity contribution is 5.80. The first-order valence-corrected chi connectivity index (χ1v) is 10.3. The lowest BCUT2D eigenvalue weighted by Gasteiger charge is -2.37. The quantitative estimate of drug-likeness (QED) is 0.606. The van der Waals surface area contributed by atoms with Gasteiger partial charge in [0.15, 0.2) is 5.96 Å². The van der Waals surface area contributed by atoms with E-state index in [-0.39, 0.29) is 0 Å². The summed E-state index contributed by atoms with van der Waals surface area (Å²) >= 11 is 0. The number of rotatable bonds is 6. The van der Waals surface area contributed by atoms with E-state index in [4.69, 9.17) is 4.74 Å². The zero-order valence-corrected chi connectivity index (χ0v) is 16.9. The number of para-hydroxylation sites is 1. The van der Waals surface area contributed by atoms with Gasteiger partial charge in [0.25, 0.3) is 0 Å². The third-order valence-corrected chi connectivity index (χ3v) is 5.57. The molecule has 1 unspecified atom stereocenters. The standard InChI is InChI=1S/C21H35N5O/c1-22-21(23-17-19-7-6-10-24(2)18-19)26-13-11-25(12-14-26)15-16-27-20-8-4-3-5-9-20/h3-5,8-9,19H,6-7,10-18H2,1-2H3,(H,22,23). The van der Waals surface area contributed by atoms with E-state index in [1.807, 2.05) is 37.4 Å². The first-order chi connectivity index (χ1) is 13.2. The summed E-state index contributed by atoms with van der Waals surface area (Å²) in [4.78, 5) is 11.8. The molecule has 2 heterocycles. The first-order valence-electron chi connectivity index (χ1n) is 10.3. The molecule has 0 saturated carbocycles. The monoisotopic (exact) mass is 373 g/mol. The van der Waals surface area contributed by atoms with Crippen molar-refractivity contribution in [2.75, 3.05) is 73.1 Å². The molecular formula is C21H35N5O. The van der Waals surface area contributed by atoms with E-state index in [1.165, 1.54) is 25.9 Å². The Hall–Kier alpha value is -1.79. The van der Waals surface area contributed by atoms with Crippen LogP contribution in [-0.2, 0) is 0 Å². The average Bonchev–Trinajstić information content (AvgIpc) is 2.70. The Balaban J connectivity index is 1.34. The van der Waals surface area contributed by atoms with Crippen LogP contribution in [0.3, 0.4) is 0 Å². The summed E-state index contributed by atoms with van der Waals surface area (Å²) in [6, 6.07) is 10.1. The van der Waals surface area contributed by atoms with Crippen LogP contribution in [0.4, 0.5) is 0 Å². The summed E-state index contributed by atoms with van der Waals surface area (Å²) in [5.74, 6) is 2.74. The number of piperazine rings is 1. The Labute approximate surface area is 164 Å². The molecule has 0 amide bonds. The van der Waals surface area contributed by atoms with Crippen molar-refractivity contribution in [1.29, 1.82) is 0 Å². The van der Waals surface area contributed by atoms with Gasteiger partial charge in [0.1, 0.15) is 12.4 Å². The fraction of sp³-hybridized carbons (Fsp3) is 0.667. The number of benzene rings is 1. The molecule has 1 aromatic rings. The largest absolute Gasteiger partial charge is 0.492 e. The van der Waals surface area contributed by atoms with Gasteiger partial charge in [-0.15, -0.1) is 0 Å². The van der Waals surface area contributed by atoms with Crippen molar-refractivity contribution in [2.24, 2.45) is 10.9 Å². The molecule has 0 aliphatic carbocycles. The van der Waals surface area contributed by atoms with Crippen molar-refractivity contribution >= 4 is 5.96 Å². The Bertz CT molecular complexity index is 571. The maximum absolute atomic E-state index is 5.82. The SMILES string of the molecule is CN=C(NCC1CCCN(C)C1)N1CCN(CCOc2ccccc2)CC1. The fourth-order valence-corrected chi connectivity index (χ4v) is 4.00. The van der Waals surface area contributed by atoms with Crippen LogP contribution in [-0.4, -0.2) is 93.7 Å². The van der Waals surface area contributed by atoms with Gasteiger partial charge >= 0.3 is 0 Å². The Kier molecular flexibility index (Phi) is 7.78. The maximum Gasteiger partial charge on any atom is 0.193 e. The molecule has 27 heavy (non-hydrogen) atoms. The Morgan fingerprint density at radius 3 is 2.63 bits per heavy atom. The third-order valence-electron chi connectivity index (χ3n) is 5.57. The van der Waals surface area contributed by atoms with Gasteiger partial charge < -0.3 is 19.9 Å². The number of piperidine rings is 1. The lowest BCUT2D eigenvalue weighted by atomic mass is 9.98. The molecule has 150 valence electrons. The fourth-order valence-electron chi connectivity index (χ4n) is 4.00. The van der Waals surface area contributed by atoms with Gasteiger partial charge in [-0.1, -0.05) is 18.2 Å². The van der Waals surface area contributed by atoms with E-state index in [9.17, 15) is 0 Å². The van der Waals surface area contributed by atoms with Gasteiger partial charge in [0.05, 0.1) is 0 Å². The second-order valence-electron chi connectivity index (χ2n) is 7.69. The van der Waals surface area contributed by atoms with Gasteiger partial charge in [-0.3, -0.25) is 9.89 Å². The molecule has 0 bridgehead atoms. The zero-order chi connectivity index (χ0) is 18.9. The zero-order valence-electron chi connectivity index (χ0n) is 16.9. The van der Waals surface area contributed by atoms with Crippen LogP contribution < -0.4 is 10.1 Å². The molecule has 1 aromatic carbocycles. The van der Waals surface area contributed by atoms with E-state index in [0.29, 0.717) is 0 Å². The normalized spacial score (nSPS) is 22.7. The predicted octanol–water partition coefficient (Wildman–Crippen LogP) is 1.60. The highest BCUT2D eigenvalue weighted by atomic mass is 16.5. The molecule has 0 aromatic heterocycles. The van der Waals surface area contributed by atoms with E-state index in [0.717, 1.165) is 63.5 Å². The van der Waals surface area contributed by atoms with Gasteiger partial charge in [0.2, 0.25) is 0 Å². The summed E-state index contributed by atoms with van der Waals surface area (Å²) in [5, 5.41) is 3.61. The highest BCUT2D eigenvalue weighted by Crippen LogP contribution is 2.14. The summed E-state index contributed by atoms with van der Waals surface area (Å²) in [6.07, 6.45) is 2.63. The smallest absolute Gasteiger partial charge is 0.193 e. The van der Waals surface area contributed by atoms with E-state index in [1.54, 1.807) is 0 Å². The molecule has 2 fully saturated rings. The molecule has 2 aliphatic rings. The summed E-state index contributed by atoms with van der Waals surface area (Å²) in [5.41, 5.74) is 0. The number of aliphatic imine (C=N–C) groups is 1. The second kappa shape index (κ2) is 10.5. The first kappa shape index (κ1) is 20.0. The summed E-state index contributed by atoms with van der Waals surface area (Å²) in [6.45, 7) is 9.35. The number of nitrogens with zero attached hydrogens (tertiary/aromatic N) is 4. The average molecular weight is 374 g/mol. The van der Waals surface area contributed by atoms with E-state index >= 15 is 0 Å². The molecule has 1 atom stereocenters. The molecule has 0 spiro atoms. The highest BCUT2D eigenvalue weighted by Gasteiger charge is 2.21. The Morgan fingerprint density at radius 2 is 1.93 bits per heavy atom. The van der Waals surface area contributed by atoms with Gasteiger partial charge in [-0.25, -0.2) is 0 Å². The van der Waals surface area contributed by atoms with Crippen LogP contribution in [0.5, 0.6) is 5.75 Å². The van der Waals surface area contributed by atoms with Crippen molar-refractivity contribution in [2.45, 2.75) is 12.8 Å². The van der Waals surface area contributed by atoms with E-state index < -0.39 is 0 Å². The van der Waals surface area contributed by atoms with Crippen LogP contribution in [0.2, 0.25) is 0 Å². The van der Waals surface area contributed by atoms with Crippen molar-refractivity contribution in [3.05, 3.63) is 30.3 Å². The molecule has 2 saturated heterocycles. The number of ether oxygens (including phenoxy) is 1. The number of guanidine groups is 1. The third kappa shape index (κ3) is 6.40. The summed E-state index contributed by atoms with van der Waals surface area (Å²) < 4.78 is 5.82. The maximum atomic E-state index is 5.82. The lowest BCUT2D eigenvalue weighted by molar-refractivity contribution is 0.151. The minimum absolute atomic E-state index is 0.733.